The first-order chi connectivity index (χ1) is 18.2. The Hall–Kier alpha value is -4.27. The molecule has 3 aromatic rings. The van der Waals surface area contributed by atoms with Crippen LogP contribution in [-0.2, 0) is 11.3 Å². The van der Waals surface area contributed by atoms with E-state index in [2.05, 4.69) is 25.3 Å². The lowest BCUT2D eigenvalue weighted by Crippen LogP contribution is -2.61. The minimum Gasteiger partial charge on any atom is -0.492 e. The third-order valence-corrected chi connectivity index (χ3v) is 6.53. The zero-order valence-corrected chi connectivity index (χ0v) is 20.4. The Kier molecular flexibility index (Phi) is 6.60. The van der Waals surface area contributed by atoms with E-state index in [4.69, 9.17) is 21.2 Å². The van der Waals surface area contributed by atoms with Gasteiger partial charge in [-0.05, 0) is 25.0 Å². The number of piperidine rings is 1. The average Bonchev–Trinajstić information content (AvgIpc) is 3.32. The maximum absolute atomic E-state index is 14.3. The number of ketones is 1. The fraction of sp³-hybridized carbons (Fsp3) is 0.391. The van der Waals surface area contributed by atoms with Crippen molar-refractivity contribution >= 4 is 23.3 Å². The molecule has 1 saturated heterocycles. The van der Waals surface area contributed by atoms with Crippen LogP contribution in [0.5, 0.6) is 5.75 Å². The Morgan fingerprint density at radius 1 is 1.26 bits per heavy atom. The third kappa shape index (κ3) is 4.60. The molecular formula is C23H25F3N10O2. The number of rotatable bonds is 7. The van der Waals surface area contributed by atoms with Crippen LogP contribution in [0.3, 0.4) is 0 Å². The molecule has 1 fully saturated rings. The average molecular weight is 531 g/mol. The van der Waals surface area contributed by atoms with Gasteiger partial charge in [-0.3, -0.25) is 4.79 Å². The summed E-state index contributed by atoms with van der Waals surface area (Å²) in [6, 6.07) is 2.97. The number of carbonyl (C=O) groups excluding carboxylic acids is 1. The number of imidazole rings is 1. The maximum Gasteiger partial charge on any atom is 0.297 e. The SMILES string of the molecule is COc1ccc(-c2cnc(N3CCC[C@](N)(C(=O)C(F)F)C3)c(Cn3cnc4c3NCN=C4N)n2)nc1F. The standard InChI is InChI=1S/C23H25F3N10O2/c1-38-15-4-3-12(34-19(15)26)13-7-29-21(35-6-2-5-23(28,9-35)17(37)18(24)25)14(33-13)8-36-11-32-16-20(27)30-10-31-22(16)36/h3-4,7,11,18,31H,2,5-6,8-10,28H2,1H3,(H2,27,30)/t23-/m1/s1. The van der Waals surface area contributed by atoms with Crippen molar-refractivity contribution in [2.45, 2.75) is 31.4 Å². The van der Waals surface area contributed by atoms with Crippen LogP contribution in [0.15, 0.2) is 29.6 Å². The van der Waals surface area contributed by atoms with E-state index in [-0.39, 0.29) is 49.2 Å². The van der Waals surface area contributed by atoms with E-state index in [1.54, 1.807) is 21.9 Å². The zero-order chi connectivity index (χ0) is 27.0. The lowest BCUT2D eigenvalue weighted by molar-refractivity contribution is -0.135. The number of anilines is 2. The first kappa shape index (κ1) is 25.4. The molecule has 0 saturated carbocycles. The molecular weight excluding hydrogens is 505 g/mol. The van der Waals surface area contributed by atoms with Crippen molar-refractivity contribution in [3.05, 3.63) is 42.0 Å². The molecule has 0 bridgehead atoms. The molecule has 12 nitrogen and oxygen atoms in total. The molecule has 0 aromatic carbocycles. The number of carbonyl (C=O) groups is 1. The molecule has 0 aliphatic carbocycles. The number of hydrogen-bond acceptors (Lipinski definition) is 11. The van der Waals surface area contributed by atoms with Crippen molar-refractivity contribution in [1.82, 2.24) is 24.5 Å². The highest BCUT2D eigenvalue weighted by Gasteiger charge is 2.43. The quantitative estimate of drug-likeness (QED) is 0.378. The van der Waals surface area contributed by atoms with E-state index in [1.165, 1.54) is 19.4 Å². The fourth-order valence-electron chi connectivity index (χ4n) is 4.63. The summed E-state index contributed by atoms with van der Waals surface area (Å²) >= 11 is 0. The summed E-state index contributed by atoms with van der Waals surface area (Å²) in [4.78, 5) is 35.5. The minimum absolute atomic E-state index is 0.0229. The van der Waals surface area contributed by atoms with Gasteiger partial charge in [0.25, 0.3) is 12.4 Å². The number of nitrogens with zero attached hydrogens (tertiary/aromatic N) is 7. The topological polar surface area (TPSA) is 162 Å². The van der Waals surface area contributed by atoms with Crippen LogP contribution >= 0.6 is 0 Å². The summed E-state index contributed by atoms with van der Waals surface area (Å²) in [5, 5.41) is 3.12. The molecule has 2 aliphatic heterocycles. The number of nitrogens with one attached hydrogen (secondary N) is 1. The summed E-state index contributed by atoms with van der Waals surface area (Å²) in [7, 11) is 1.33. The van der Waals surface area contributed by atoms with Gasteiger partial charge in [-0.15, -0.1) is 0 Å². The largest absolute Gasteiger partial charge is 0.492 e. The Balaban J connectivity index is 1.55. The van der Waals surface area contributed by atoms with Crippen LogP contribution in [0.4, 0.5) is 24.8 Å². The Morgan fingerprint density at radius 2 is 2.08 bits per heavy atom. The molecule has 15 heteroatoms. The summed E-state index contributed by atoms with van der Waals surface area (Å²) in [5.74, 6) is -0.901. The zero-order valence-electron chi connectivity index (χ0n) is 20.4. The normalized spacial score (nSPS) is 19.1. The molecule has 0 amide bonds. The molecule has 200 valence electrons. The number of amidine groups is 1. The predicted octanol–water partition coefficient (Wildman–Crippen LogP) is 1.15. The summed E-state index contributed by atoms with van der Waals surface area (Å²) in [6.07, 6.45) is 0.303. The van der Waals surface area contributed by atoms with Crippen molar-refractivity contribution in [1.29, 1.82) is 0 Å². The van der Waals surface area contributed by atoms with Gasteiger partial charge in [-0.2, -0.15) is 4.39 Å². The van der Waals surface area contributed by atoms with Crippen LogP contribution in [0.1, 0.15) is 24.2 Å². The number of fused-ring (bicyclic) bond motifs is 1. The van der Waals surface area contributed by atoms with Gasteiger partial charge in [0.1, 0.15) is 35.4 Å². The number of methoxy groups -OCH3 is 1. The van der Waals surface area contributed by atoms with Gasteiger partial charge in [0.15, 0.2) is 11.6 Å². The number of aromatic nitrogens is 5. The van der Waals surface area contributed by atoms with Crippen LogP contribution in [0, 0.1) is 5.95 Å². The second-order valence-corrected chi connectivity index (χ2v) is 9.01. The van der Waals surface area contributed by atoms with Gasteiger partial charge in [-0.25, -0.2) is 33.7 Å². The van der Waals surface area contributed by atoms with Crippen molar-refractivity contribution < 1.29 is 22.7 Å². The molecule has 1 atom stereocenters. The number of pyridine rings is 1. The van der Waals surface area contributed by atoms with E-state index in [1.807, 2.05) is 0 Å². The van der Waals surface area contributed by atoms with E-state index in [0.29, 0.717) is 36.0 Å². The molecule has 5 N–H and O–H groups in total. The summed E-state index contributed by atoms with van der Waals surface area (Å²) < 4.78 is 47.6. The monoisotopic (exact) mass is 530 g/mol. The lowest BCUT2D eigenvalue weighted by atomic mass is 9.86. The highest BCUT2D eigenvalue weighted by atomic mass is 19.3. The number of ether oxygens (including phenoxy) is 1. The fourth-order valence-corrected chi connectivity index (χ4v) is 4.63. The number of halogens is 3. The molecule has 2 aliphatic rings. The number of aliphatic imine (C=N–C) groups is 1. The molecule has 5 rings (SSSR count). The first-order valence-electron chi connectivity index (χ1n) is 11.7. The van der Waals surface area contributed by atoms with Gasteiger partial charge in [-0.1, -0.05) is 0 Å². The van der Waals surface area contributed by atoms with Crippen LogP contribution in [-0.4, -0.2) is 75.0 Å². The minimum atomic E-state index is -3.18. The molecule has 5 heterocycles. The molecule has 0 spiro atoms. The lowest BCUT2D eigenvalue weighted by Gasteiger charge is -2.40. The maximum atomic E-state index is 14.3. The van der Waals surface area contributed by atoms with Crippen molar-refractivity contribution in [2.75, 3.05) is 37.1 Å². The van der Waals surface area contributed by atoms with Gasteiger partial charge < -0.3 is 31.0 Å². The Bertz CT molecular complexity index is 1410. The molecule has 0 unspecified atom stereocenters. The van der Waals surface area contributed by atoms with E-state index < -0.39 is 23.7 Å². The number of hydrogen-bond donors (Lipinski definition) is 3. The third-order valence-electron chi connectivity index (χ3n) is 6.53. The van der Waals surface area contributed by atoms with Gasteiger partial charge in [0.05, 0.1) is 37.4 Å². The number of Topliss-reactive ketones (excluding diaryl/α,β-unsaturated/α-hetero) is 1. The number of nitrogens with two attached hydrogens (primary N) is 2. The van der Waals surface area contributed by atoms with Crippen LogP contribution in [0.25, 0.3) is 11.4 Å². The van der Waals surface area contributed by atoms with Gasteiger partial charge in [0, 0.05) is 13.1 Å². The Morgan fingerprint density at radius 3 is 2.82 bits per heavy atom. The second kappa shape index (κ2) is 9.89. The van der Waals surface area contributed by atoms with Gasteiger partial charge >= 0.3 is 0 Å². The summed E-state index contributed by atoms with van der Waals surface area (Å²) in [5.41, 5.74) is 11.7. The van der Waals surface area contributed by atoms with Gasteiger partial charge in [0.2, 0.25) is 5.78 Å². The van der Waals surface area contributed by atoms with Crippen LogP contribution < -0.4 is 26.4 Å². The second-order valence-electron chi connectivity index (χ2n) is 9.01. The van der Waals surface area contributed by atoms with E-state index >= 15 is 0 Å². The smallest absolute Gasteiger partial charge is 0.297 e. The highest BCUT2D eigenvalue weighted by molar-refractivity contribution is 6.01. The van der Waals surface area contributed by atoms with Crippen LogP contribution in [0.2, 0.25) is 0 Å². The Labute approximate surface area is 215 Å². The summed E-state index contributed by atoms with van der Waals surface area (Å²) in [6.45, 7) is 0.655. The predicted molar refractivity (Wildman–Crippen MR) is 132 cm³/mol. The first-order valence-corrected chi connectivity index (χ1v) is 11.7. The highest BCUT2D eigenvalue weighted by Crippen LogP contribution is 2.30. The van der Waals surface area contributed by atoms with Crippen molar-refractivity contribution in [3.8, 4) is 17.1 Å². The molecule has 38 heavy (non-hydrogen) atoms. The van der Waals surface area contributed by atoms with E-state index in [9.17, 15) is 18.0 Å². The van der Waals surface area contributed by atoms with E-state index in [0.717, 1.165) is 0 Å². The molecule has 3 aromatic heterocycles. The molecule has 0 radical (unpaired) electrons. The van der Waals surface area contributed by atoms with Crippen molar-refractivity contribution in [3.63, 3.8) is 0 Å². The number of alkyl halides is 2. The van der Waals surface area contributed by atoms with Crippen molar-refractivity contribution in [2.24, 2.45) is 16.5 Å².